The molecule has 0 radical (unpaired) electrons. The Bertz CT molecular complexity index is 654. The number of anilines is 3. The van der Waals surface area contributed by atoms with Crippen molar-refractivity contribution in [3.63, 3.8) is 0 Å². The van der Waals surface area contributed by atoms with Crippen molar-refractivity contribution in [2.45, 2.75) is 13.1 Å². The summed E-state index contributed by atoms with van der Waals surface area (Å²) in [7, 11) is 1.50. The lowest BCUT2D eigenvalue weighted by molar-refractivity contribution is -0.138. The molecular formula is C15H15F3N2O. The van der Waals surface area contributed by atoms with Crippen molar-refractivity contribution in [3.05, 3.63) is 47.5 Å². The van der Waals surface area contributed by atoms with E-state index in [-0.39, 0.29) is 5.56 Å². The summed E-state index contributed by atoms with van der Waals surface area (Å²) >= 11 is 0. The van der Waals surface area contributed by atoms with Crippen molar-refractivity contribution in [1.82, 2.24) is 0 Å². The Hall–Kier alpha value is -2.37. The molecule has 0 unspecified atom stereocenters. The van der Waals surface area contributed by atoms with Crippen LogP contribution in [0.4, 0.5) is 30.2 Å². The Morgan fingerprint density at radius 2 is 1.81 bits per heavy atom. The molecule has 112 valence electrons. The number of nitrogens with two attached hydrogens (primary N) is 1. The predicted octanol–water partition coefficient (Wildman–Crippen LogP) is 4.35. The van der Waals surface area contributed by atoms with Gasteiger partial charge in [-0.15, -0.1) is 0 Å². The number of ether oxygens (including phenoxy) is 1. The molecule has 21 heavy (non-hydrogen) atoms. The molecule has 0 aliphatic heterocycles. The minimum absolute atomic E-state index is 0.173. The minimum atomic E-state index is -4.39. The van der Waals surface area contributed by atoms with E-state index in [1.165, 1.54) is 20.1 Å². The SMILES string of the molecule is COc1ccc(N)c(Nc2ccc(C)c(C(F)(F)F)c2)c1. The first kappa shape index (κ1) is 15.0. The standard InChI is InChI=1S/C15H15F3N2O/c1-9-3-4-10(7-12(9)15(16,17)18)20-14-8-11(21-2)5-6-13(14)19/h3-8,20H,19H2,1-2H3. The number of halogens is 3. The van der Waals surface area contributed by atoms with Gasteiger partial charge in [-0.3, -0.25) is 0 Å². The number of alkyl halides is 3. The maximum Gasteiger partial charge on any atom is 0.416 e. The van der Waals surface area contributed by atoms with Crippen molar-refractivity contribution in [2.75, 3.05) is 18.2 Å². The quantitative estimate of drug-likeness (QED) is 0.828. The second-order valence-electron chi connectivity index (χ2n) is 4.61. The first-order valence-corrected chi connectivity index (χ1v) is 6.19. The fourth-order valence-electron chi connectivity index (χ4n) is 1.93. The maximum absolute atomic E-state index is 12.9. The average Bonchev–Trinajstić information content (AvgIpc) is 2.42. The molecule has 2 rings (SSSR count). The van der Waals surface area contributed by atoms with Gasteiger partial charge in [0.1, 0.15) is 5.75 Å². The lowest BCUT2D eigenvalue weighted by Gasteiger charge is -2.15. The van der Waals surface area contributed by atoms with Gasteiger partial charge in [0.25, 0.3) is 0 Å². The fourth-order valence-corrected chi connectivity index (χ4v) is 1.93. The highest BCUT2D eigenvalue weighted by Gasteiger charge is 2.32. The molecule has 6 heteroatoms. The number of aryl methyl sites for hydroxylation is 1. The zero-order chi connectivity index (χ0) is 15.6. The summed E-state index contributed by atoms with van der Waals surface area (Å²) in [5.74, 6) is 0.565. The second-order valence-corrected chi connectivity index (χ2v) is 4.61. The molecule has 0 bridgehead atoms. The zero-order valence-corrected chi connectivity index (χ0v) is 11.6. The van der Waals surface area contributed by atoms with Crippen molar-refractivity contribution in [1.29, 1.82) is 0 Å². The van der Waals surface area contributed by atoms with Crippen LogP contribution in [0, 0.1) is 6.92 Å². The van der Waals surface area contributed by atoms with Gasteiger partial charge in [0.2, 0.25) is 0 Å². The Balaban J connectivity index is 2.36. The van der Waals surface area contributed by atoms with Gasteiger partial charge in [0.15, 0.2) is 0 Å². The van der Waals surface area contributed by atoms with Crippen LogP contribution in [-0.2, 0) is 6.18 Å². The monoisotopic (exact) mass is 296 g/mol. The van der Waals surface area contributed by atoms with Crippen LogP contribution >= 0.6 is 0 Å². The number of hydrogen-bond donors (Lipinski definition) is 2. The van der Waals surface area contributed by atoms with Crippen LogP contribution in [-0.4, -0.2) is 7.11 Å². The molecule has 0 amide bonds. The van der Waals surface area contributed by atoms with Gasteiger partial charge in [0.05, 0.1) is 24.0 Å². The van der Waals surface area contributed by atoms with E-state index in [9.17, 15) is 13.2 Å². The summed E-state index contributed by atoms with van der Waals surface area (Å²) in [5.41, 5.74) is 6.53. The van der Waals surface area contributed by atoms with Crippen LogP contribution in [0.2, 0.25) is 0 Å². The minimum Gasteiger partial charge on any atom is -0.497 e. The molecule has 0 aliphatic carbocycles. The Labute approximate surface area is 120 Å². The van der Waals surface area contributed by atoms with Crippen molar-refractivity contribution >= 4 is 17.1 Å². The van der Waals surface area contributed by atoms with Gasteiger partial charge in [-0.2, -0.15) is 13.2 Å². The molecule has 2 aromatic rings. The van der Waals surface area contributed by atoms with E-state index in [2.05, 4.69) is 5.32 Å². The van der Waals surface area contributed by atoms with E-state index < -0.39 is 11.7 Å². The number of rotatable bonds is 3. The number of hydrogen-bond acceptors (Lipinski definition) is 3. The zero-order valence-electron chi connectivity index (χ0n) is 11.6. The Morgan fingerprint density at radius 1 is 1.10 bits per heavy atom. The summed E-state index contributed by atoms with van der Waals surface area (Å²) in [5, 5.41) is 2.88. The summed E-state index contributed by atoms with van der Waals surface area (Å²) in [6, 6.07) is 8.98. The summed E-state index contributed by atoms with van der Waals surface area (Å²) < 4.78 is 43.7. The molecule has 0 saturated heterocycles. The number of benzene rings is 2. The second kappa shape index (κ2) is 5.55. The van der Waals surface area contributed by atoms with Crippen LogP contribution in [0.3, 0.4) is 0 Å². The van der Waals surface area contributed by atoms with E-state index in [1.807, 2.05) is 0 Å². The van der Waals surface area contributed by atoms with E-state index in [4.69, 9.17) is 10.5 Å². The lowest BCUT2D eigenvalue weighted by atomic mass is 10.1. The molecule has 0 heterocycles. The predicted molar refractivity (Wildman–Crippen MR) is 76.9 cm³/mol. The van der Waals surface area contributed by atoms with E-state index in [0.29, 0.717) is 22.8 Å². The third-order valence-corrected chi connectivity index (χ3v) is 3.08. The van der Waals surface area contributed by atoms with Crippen LogP contribution in [0.25, 0.3) is 0 Å². The van der Waals surface area contributed by atoms with Crippen molar-refractivity contribution < 1.29 is 17.9 Å². The molecule has 0 saturated carbocycles. The van der Waals surface area contributed by atoms with Gasteiger partial charge in [0, 0.05) is 11.8 Å². The Kier molecular flexibility index (Phi) is 3.97. The van der Waals surface area contributed by atoms with Crippen molar-refractivity contribution in [2.24, 2.45) is 0 Å². The molecule has 3 N–H and O–H groups in total. The summed E-state index contributed by atoms with van der Waals surface area (Å²) in [6.45, 7) is 1.42. The molecule has 0 aliphatic rings. The Morgan fingerprint density at radius 3 is 2.43 bits per heavy atom. The molecular weight excluding hydrogens is 281 g/mol. The molecule has 0 spiro atoms. The van der Waals surface area contributed by atoms with Crippen LogP contribution in [0.5, 0.6) is 5.75 Å². The normalized spacial score (nSPS) is 11.3. The fraction of sp³-hybridized carbons (Fsp3) is 0.200. The van der Waals surface area contributed by atoms with Gasteiger partial charge < -0.3 is 15.8 Å². The van der Waals surface area contributed by atoms with Crippen LogP contribution in [0.1, 0.15) is 11.1 Å². The third kappa shape index (κ3) is 3.39. The summed E-state index contributed by atoms with van der Waals surface area (Å²) in [6.07, 6.45) is -4.39. The third-order valence-electron chi connectivity index (χ3n) is 3.08. The number of methoxy groups -OCH3 is 1. The molecule has 0 fully saturated rings. The molecule has 2 aromatic carbocycles. The first-order chi connectivity index (χ1) is 9.81. The lowest BCUT2D eigenvalue weighted by Crippen LogP contribution is -2.08. The van der Waals surface area contributed by atoms with E-state index in [0.717, 1.165) is 6.07 Å². The highest BCUT2D eigenvalue weighted by atomic mass is 19.4. The van der Waals surface area contributed by atoms with Gasteiger partial charge in [-0.25, -0.2) is 0 Å². The topological polar surface area (TPSA) is 47.3 Å². The smallest absolute Gasteiger partial charge is 0.416 e. The molecule has 3 nitrogen and oxygen atoms in total. The van der Waals surface area contributed by atoms with E-state index >= 15 is 0 Å². The van der Waals surface area contributed by atoms with Crippen molar-refractivity contribution in [3.8, 4) is 5.75 Å². The maximum atomic E-state index is 12.9. The highest BCUT2D eigenvalue weighted by Crippen LogP contribution is 2.35. The highest BCUT2D eigenvalue weighted by molar-refractivity contribution is 5.74. The van der Waals surface area contributed by atoms with Crippen LogP contribution in [0.15, 0.2) is 36.4 Å². The van der Waals surface area contributed by atoms with Gasteiger partial charge in [-0.1, -0.05) is 6.07 Å². The number of nitrogen functional groups attached to an aromatic ring is 1. The van der Waals surface area contributed by atoms with Crippen LogP contribution < -0.4 is 15.8 Å². The van der Waals surface area contributed by atoms with E-state index in [1.54, 1.807) is 24.3 Å². The molecule has 0 aromatic heterocycles. The van der Waals surface area contributed by atoms with Gasteiger partial charge in [-0.05, 0) is 36.8 Å². The summed E-state index contributed by atoms with van der Waals surface area (Å²) in [4.78, 5) is 0. The van der Waals surface area contributed by atoms with Gasteiger partial charge >= 0.3 is 6.18 Å². The molecule has 0 atom stereocenters. The average molecular weight is 296 g/mol. The number of nitrogens with one attached hydrogen (secondary N) is 1. The first-order valence-electron chi connectivity index (χ1n) is 6.19. The largest absolute Gasteiger partial charge is 0.497 e.